The third-order valence-electron chi connectivity index (χ3n) is 3.55. The second kappa shape index (κ2) is 8.39. The van der Waals surface area contributed by atoms with E-state index >= 15 is 0 Å². The quantitative estimate of drug-likeness (QED) is 0.689. The van der Waals surface area contributed by atoms with Crippen molar-refractivity contribution in [3.63, 3.8) is 0 Å². The Kier molecular flexibility index (Phi) is 5.75. The molecule has 0 spiro atoms. The average Bonchev–Trinajstić information content (AvgIpc) is 3.18. The van der Waals surface area contributed by atoms with E-state index in [9.17, 15) is 9.59 Å². The van der Waals surface area contributed by atoms with Gasteiger partial charge in [0.05, 0.1) is 18.0 Å². The molecule has 0 aromatic carbocycles. The number of nitrogens with zero attached hydrogens (tertiary/aromatic N) is 3. The van der Waals surface area contributed by atoms with Crippen LogP contribution in [-0.4, -0.2) is 33.8 Å². The Morgan fingerprint density at radius 3 is 2.92 bits per heavy atom. The maximum Gasteiger partial charge on any atom is 0.266 e. The molecule has 3 rings (SSSR count). The summed E-state index contributed by atoms with van der Waals surface area (Å²) in [5.41, 5.74) is 0.884. The molecular weight excluding hydrogens is 352 g/mol. The van der Waals surface area contributed by atoms with Gasteiger partial charge in [-0.05, 0) is 36.6 Å². The van der Waals surface area contributed by atoms with Crippen molar-refractivity contribution in [3.8, 4) is 16.5 Å². The maximum absolute atomic E-state index is 12.3. The Morgan fingerprint density at radius 2 is 2.15 bits per heavy atom. The van der Waals surface area contributed by atoms with E-state index in [1.165, 1.54) is 10.7 Å². The predicted octanol–water partition coefficient (Wildman–Crippen LogP) is 2.20. The van der Waals surface area contributed by atoms with E-state index in [2.05, 4.69) is 15.4 Å². The topological polar surface area (TPSA) is 86.1 Å². The Labute approximate surface area is 154 Å². The van der Waals surface area contributed by atoms with Crippen LogP contribution in [0.1, 0.15) is 17.3 Å². The van der Waals surface area contributed by atoms with Crippen molar-refractivity contribution >= 4 is 17.2 Å². The highest BCUT2D eigenvalue weighted by atomic mass is 32.1. The highest BCUT2D eigenvalue weighted by Gasteiger charge is 2.13. The first kappa shape index (κ1) is 17.8. The maximum atomic E-state index is 12.3. The molecule has 7 nitrogen and oxygen atoms in total. The molecule has 8 heteroatoms. The molecule has 0 aliphatic rings. The van der Waals surface area contributed by atoms with Gasteiger partial charge in [-0.25, -0.2) is 9.67 Å². The van der Waals surface area contributed by atoms with Crippen LogP contribution in [0.4, 0.5) is 0 Å². The van der Waals surface area contributed by atoms with E-state index < -0.39 is 0 Å². The molecule has 134 valence electrons. The normalized spacial score (nSPS) is 10.5. The van der Waals surface area contributed by atoms with Gasteiger partial charge in [0, 0.05) is 18.8 Å². The summed E-state index contributed by atoms with van der Waals surface area (Å²) in [6, 6.07) is 10.4. The number of hydrogen-bond donors (Lipinski definition) is 1. The zero-order valence-electron chi connectivity index (χ0n) is 14.2. The lowest BCUT2D eigenvalue weighted by atomic mass is 10.2. The number of carbonyl (C=O) groups excluding carboxylic acids is 1. The summed E-state index contributed by atoms with van der Waals surface area (Å²) in [4.78, 5) is 29.4. The van der Waals surface area contributed by atoms with Gasteiger partial charge in [0.25, 0.3) is 11.5 Å². The fourth-order valence-corrected chi connectivity index (χ4v) is 3.04. The highest BCUT2D eigenvalue weighted by molar-refractivity contribution is 7.13. The van der Waals surface area contributed by atoms with Gasteiger partial charge in [-0.2, -0.15) is 5.10 Å². The van der Waals surface area contributed by atoms with Crippen molar-refractivity contribution in [1.29, 1.82) is 0 Å². The molecule has 0 bridgehead atoms. The number of pyridine rings is 1. The fourth-order valence-electron chi connectivity index (χ4n) is 2.35. The molecule has 3 aromatic heterocycles. The number of carbonyl (C=O) groups is 1. The van der Waals surface area contributed by atoms with Crippen molar-refractivity contribution in [1.82, 2.24) is 20.1 Å². The lowest BCUT2D eigenvalue weighted by Crippen LogP contribution is -2.32. The third kappa shape index (κ3) is 4.15. The molecule has 0 saturated heterocycles. The van der Waals surface area contributed by atoms with Crippen LogP contribution in [0.25, 0.3) is 10.6 Å². The second-order valence-electron chi connectivity index (χ2n) is 5.30. The molecule has 1 amide bonds. The van der Waals surface area contributed by atoms with E-state index in [-0.39, 0.29) is 24.6 Å². The standard InChI is InChI=1S/C18H18N4O3S/c1-2-25-18-13(5-3-9-20-18)17(24)19-10-11-22-16(23)8-7-14(21-22)15-6-4-12-26-15/h3-9,12H,2,10-11H2,1H3,(H,19,24). The van der Waals surface area contributed by atoms with Crippen molar-refractivity contribution < 1.29 is 9.53 Å². The number of ether oxygens (including phenoxy) is 1. The SMILES string of the molecule is CCOc1ncccc1C(=O)NCCn1nc(-c2cccs2)ccc1=O. The minimum atomic E-state index is -0.302. The van der Waals surface area contributed by atoms with E-state index in [0.717, 1.165) is 10.6 Å². The average molecular weight is 370 g/mol. The monoisotopic (exact) mass is 370 g/mol. The molecule has 0 atom stereocenters. The minimum absolute atomic E-state index is 0.212. The number of thiophene rings is 1. The summed E-state index contributed by atoms with van der Waals surface area (Å²) >= 11 is 1.55. The number of rotatable bonds is 7. The molecule has 26 heavy (non-hydrogen) atoms. The second-order valence-corrected chi connectivity index (χ2v) is 6.25. The molecule has 3 aromatic rings. The van der Waals surface area contributed by atoms with Crippen molar-refractivity contribution in [3.05, 3.63) is 63.9 Å². The van der Waals surface area contributed by atoms with Gasteiger partial charge in [0.15, 0.2) is 0 Å². The molecule has 0 fully saturated rings. The molecule has 3 heterocycles. The summed E-state index contributed by atoms with van der Waals surface area (Å²) < 4.78 is 6.71. The Bertz CT molecular complexity index is 938. The van der Waals surface area contributed by atoms with Gasteiger partial charge in [-0.3, -0.25) is 9.59 Å². The van der Waals surface area contributed by atoms with E-state index in [4.69, 9.17) is 4.74 Å². The van der Waals surface area contributed by atoms with Gasteiger partial charge in [0.2, 0.25) is 5.88 Å². The fraction of sp³-hybridized carbons (Fsp3) is 0.222. The Balaban J connectivity index is 1.66. The lowest BCUT2D eigenvalue weighted by Gasteiger charge is -2.10. The van der Waals surface area contributed by atoms with Crippen LogP contribution >= 0.6 is 11.3 Å². The van der Waals surface area contributed by atoms with Gasteiger partial charge in [-0.15, -0.1) is 11.3 Å². The molecular formula is C18H18N4O3S. The smallest absolute Gasteiger partial charge is 0.266 e. The van der Waals surface area contributed by atoms with Crippen LogP contribution < -0.4 is 15.6 Å². The van der Waals surface area contributed by atoms with Crippen molar-refractivity contribution in [2.75, 3.05) is 13.2 Å². The minimum Gasteiger partial charge on any atom is -0.477 e. The third-order valence-corrected chi connectivity index (χ3v) is 4.44. The first-order chi connectivity index (χ1) is 12.7. The molecule has 0 unspecified atom stereocenters. The van der Waals surface area contributed by atoms with Crippen molar-refractivity contribution in [2.45, 2.75) is 13.5 Å². The van der Waals surface area contributed by atoms with E-state index in [1.807, 2.05) is 24.4 Å². The zero-order chi connectivity index (χ0) is 18.4. The van der Waals surface area contributed by atoms with Crippen LogP contribution in [0, 0.1) is 0 Å². The zero-order valence-corrected chi connectivity index (χ0v) is 15.0. The Hall–Kier alpha value is -3.00. The summed E-state index contributed by atoms with van der Waals surface area (Å²) in [5, 5.41) is 9.08. The molecule has 1 N–H and O–H groups in total. The largest absolute Gasteiger partial charge is 0.477 e. The lowest BCUT2D eigenvalue weighted by molar-refractivity contribution is 0.0947. The van der Waals surface area contributed by atoms with Crippen LogP contribution in [0.2, 0.25) is 0 Å². The van der Waals surface area contributed by atoms with Crippen LogP contribution in [0.5, 0.6) is 5.88 Å². The number of amides is 1. The number of hydrogen-bond acceptors (Lipinski definition) is 6. The molecule has 0 aliphatic carbocycles. The summed E-state index contributed by atoms with van der Waals surface area (Å²) in [5.74, 6) is -0.00787. The van der Waals surface area contributed by atoms with Gasteiger partial charge in [-0.1, -0.05) is 6.07 Å². The molecule has 0 aliphatic heterocycles. The van der Waals surface area contributed by atoms with Gasteiger partial charge in [0.1, 0.15) is 11.3 Å². The number of nitrogens with one attached hydrogen (secondary N) is 1. The van der Waals surface area contributed by atoms with Crippen LogP contribution in [0.15, 0.2) is 52.8 Å². The van der Waals surface area contributed by atoms with Gasteiger partial charge >= 0.3 is 0 Å². The van der Waals surface area contributed by atoms with Gasteiger partial charge < -0.3 is 10.1 Å². The molecule has 0 saturated carbocycles. The van der Waals surface area contributed by atoms with Crippen LogP contribution in [0.3, 0.4) is 0 Å². The van der Waals surface area contributed by atoms with E-state index in [0.29, 0.717) is 18.1 Å². The first-order valence-electron chi connectivity index (χ1n) is 8.17. The highest BCUT2D eigenvalue weighted by Crippen LogP contribution is 2.21. The Morgan fingerprint density at radius 1 is 1.27 bits per heavy atom. The van der Waals surface area contributed by atoms with E-state index in [1.54, 1.807) is 35.7 Å². The number of aromatic nitrogens is 3. The predicted molar refractivity (Wildman–Crippen MR) is 99.5 cm³/mol. The van der Waals surface area contributed by atoms with Crippen molar-refractivity contribution in [2.24, 2.45) is 0 Å². The summed E-state index contributed by atoms with van der Waals surface area (Å²) in [7, 11) is 0. The molecule has 0 radical (unpaired) electrons. The first-order valence-corrected chi connectivity index (χ1v) is 9.05. The summed E-state index contributed by atoms with van der Waals surface area (Å²) in [6.07, 6.45) is 1.57. The van der Waals surface area contributed by atoms with Crippen LogP contribution in [-0.2, 0) is 6.54 Å². The summed E-state index contributed by atoms with van der Waals surface area (Å²) in [6.45, 7) is 2.79.